The van der Waals surface area contributed by atoms with E-state index in [0.29, 0.717) is 0 Å². The number of nitrogens with two attached hydrogens (primary N) is 1. The molecule has 1 aliphatic rings. The summed E-state index contributed by atoms with van der Waals surface area (Å²) in [6, 6.07) is 0. The summed E-state index contributed by atoms with van der Waals surface area (Å²) in [6.07, 6.45) is 0.211. The van der Waals surface area contributed by atoms with Crippen LogP contribution in [0.2, 0.25) is 0 Å². The van der Waals surface area contributed by atoms with Gasteiger partial charge in [-0.25, -0.2) is 4.98 Å². The maximum atomic E-state index is 13.6. The largest absolute Gasteiger partial charge is 0.393 e. The Bertz CT molecular complexity index is 823. The average molecular weight is 341 g/mol. The molecule has 3 rings (SSSR count). The van der Waals surface area contributed by atoms with E-state index in [1.54, 1.807) is 0 Å². The van der Waals surface area contributed by atoms with Gasteiger partial charge in [0.15, 0.2) is 22.7 Å². The van der Waals surface area contributed by atoms with Crippen LogP contribution in [0.3, 0.4) is 0 Å². The number of ether oxygens (including phenoxy) is 1. The molecule has 1 aliphatic heterocycles. The number of aliphatic hydroxyl groups is 3. The molecule has 0 unspecified atom stereocenters. The summed E-state index contributed by atoms with van der Waals surface area (Å²) in [5.41, 5.74) is -1.04. The second-order valence-electron chi connectivity index (χ2n) is 6.78. The van der Waals surface area contributed by atoms with Crippen molar-refractivity contribution >= 4 is 17.0 Å². The molecular weight excluding hydrogens is 321 g/mol. The van der Waals surface area contributed by atoms with Crippen LogP contribution in [0, 0.1) is 6.08 Å². The van der Waals surface area contributed by atoms with Gasteiger partial charge in [0.05, 0.1) is 12.9 Å². The summed E-state index contributed by atoms with van der Waals surface area (Å²) < 4.78 is 20.8. The fraction of sp³-hybridized carbons (Fsp3) is 0.643. The first kappa shape index (κ1) is 17.0. The highest BCUT2D eigenvalue weighted by Gasteiger charge is 2.72. The molecular formula is C14H20FN5O4. The second kappa shape index (κ2) is 4.60. The van der Waals surface area contributed by atoms with Gasteiger partial charge >= 0.3 is 6.08 Å². The molecule has 10 heteroatoms. The normalized spacial score (nSPS) is 39.7. The molecule has 3 heterocycles. The second-order valence-corrected chi connectivity index (χ2v) is 6.78. The van der Waals surface area contributed by atoms with Crippen LogP contribution in [0.1, 0.15) is 27.7 Å². The van der Waals surface area contributed by atoms with E-state index in [0.717, 1.165) is 0 Å². The topological polar surface area (TPSA) is 140 Å². The zero-order chi connectivity index (χ0) is 18.1. The van der Waals surface area contributed by atoms with Gasteiger partial charge in [-0.3, -0.25) is 4.57 Å². The summed E-state index contributed by atoms with van der Waals surface area (Å²) in [4.78, 5) is 11.1. The van der Waals surface area contributed by atoms with Crippen molar-refractivity contribution in [2.45, 2.75) is 50.2 Å². The summed E-state index contributed by atoms with van der Waals surface area (Å²) in [5, 5.41) is 31.6. The van der Waals surface area contributed by atoms with Gasteiger partial charge in [-0.05, 0) is 27.7 Å². The van der Waals surface area contributed by atoms with Gasteiger partial charge in [0.1, 0.15) is 16.8 Å². The van der Waals surface area contributed by atoms with E-state index in [2.05, 4.69) is 15.0 Å². The van der Waals surface area contributed by atoms with Crippen molar-refractivity contribution in [3.63, 3.8) is 0 Å². The highest BCUT2D eigenvalue weighted by atomic mass is 19.1. The van der Waals surface area contributed by atoms with Crippen molar-refractivity contribution in [2.24, 2.45) is 0 Å². The minimum atomic E-state index is -1.89. The molecule has 0 bridgehead atoms. The molecule has 0 aromatic carbocycles. The molecule has 0 amide bonds. The average Bonchev–Trinajstić information content (AvgIpc) is 2.94. The first-order valence-corrected chi connectivity index (χ1v) is 7.33. The maximum absolute atomic E-state index is 13.6. The Labute approximate surface area is 136 Å². The van der Waals surface area contributed by atoms with Crippen molar-refractivity contribution in [3.8, 4) is 0 Å². The molecule has 5 N–H and O–H groups in total. The predicted octanol–water partition coefficient (Wildman–Crippen LogP) is -0.497. The number of hydrogen-bond acceptors (Lipinski definition) is 8. The van der Waals surface area contributed by atoms with Gasteiger partial charge in [-0.15, -0.1) is 0 Å². The molecule has 132 valence electrons. The summed E-state index contributed by atoms with van der Waals surface area (Å²) in [5.74, 6) is -0.158. The lowest BCUT2D eigenvalue weighted by molar-refractivity contribution is -0.192. The predicted molar refractivity (Wildman–Crippen MR) is 81.2 cm³/mol. The molecule has 0 spiro atoms. The van der Waals surface area contributed by atoms with Gasteiger partial charge in [-0.2, -0.15) is 14.4 Å². The lowest BCUT2D eigenvalue weighted by Crippen LogP contribution is -2.63. The minimum absolute atomic E-state index is 0.000708. The van der Waals surface area contributed by atoms with Crippen molar-refractivity contribution in [2.75, 3.05) is 12.3 Å². The van der Waals surface area contributed by atoms with Gasteiger partial charge < -0.3 is 25.8 Å². The number of hydrogen-bond donors (Lipinski definition) is 4. The third-order valence-electron chi connectivity index (χ3n) is 5.46. The highest BCUT2D eigenvalue weighted by Crippen LogP contribution is 2.54. The maximum Gasteiger partial charge on any atom is 0.312 e. The molecule has 1 fully saturated rings. The van der Waals surface area contributed by atoms with E-state index in [-0.39, 0.29) is 17.0 Å². The summed E-state index contributed by atoms with van der Waals surface area (Å²) in [7, 11) is 0. The Morgan fingerprint density at radius 3 is 2.38 bits per heavy atom. The molecule has 0 radical (unpaired) electrons. The van der Waals surface area contributed by atoms with E-state index in [1.807, 2.05) is 0 Å². The summed E-state index contributed by atoms with van der Waals surface area (Å²) in [6.45, 7) is 5.12. The molecule has 1 saturated heterocycles. The smallest absolute Gasteiger partial charge is 0.312 e. The molecule has 2 aromatic heterocycles. The Hall–Kier alpha value is -1.88. The van der Waals surface area contributed by atoms with E-state index < -0.39 is 35.2 Å². The van der Waals surface area contributed by atoms with E-state index in [9.17, 15) is 19.7 Å². The van der Waals surface area contributed by atoms with Crippen LogP contribution in [0.4, 0.5) is 10.2 Å². The van der Waals surface area contributed by atoms with Crippen molar-refractivity contribution in [1.82, 2.24) is 19.5 Å². The minimum Gasteiger partial charge on any atom is -0.393 e. The van der Waals surface area contributed by atoms with E-state index in [1.165, 1.54) is 38.6 Å². The van der Waals surface area contributed by atoms with E-state index >= 15 is 0 Å². The Morgan fingerprint density at radius 2 is 1.83 bits per heavy atom. The number of anilines is 1. The standard InChI is InChI=1S/C14H20FN5O4/c1-11(5-21)12(2,22)13(3,23)14(4,24-11)20-6-17-7-8(16)18-10(15)19-9(7)20/h6,21-23H,5H2,1-4H3,(H2,16,18,19)/t11-,12+,13+,14-/m1/s1. The van der Waals surface area contributed by atoms with Crippen LogP contribution in [0.15, 0.2) is 6.33 Å². The van der Waals surface area contributed by atoms with Crippen LogP contribution in [0.5, 0.6) is 0 Å². The molecule has 0 saturated carbocycles. The monoisotopic (exact) mass is 341 g/mol. The third kappa shape index (κ3) is 1.73. The SMILES string of the molecule is C[C@]1(O)[C@@](C)(O)[C@@](C)(CO)O[C@@]1(C)n1cnc2c(N)nc(F)nc21. The fourth-order valence-corrected chi connectivity index (χ4v) is 3.28. The van der Waals surface area contributed by atoms with Gasteiger partial charge in [-0.1, -0.05) is 0 Å². The number of nitrogens with zero attached hydrogens (tertiary/aromatic N) is 4. The van der Waals surface area contributed by atoms with Gasteiger partial charge in [0.25, 0.3) is 0 Å². The number of nitrogen functional groups attached to an aromatic ring is 1. The van der Waals surface area contributed by atoms with Crippen molar-refractivity contribution < 1.29 is 24.4 Å². The number of halogens is 1. The Morgan fingerprint density at radius 1 is 1.21 bits per heavy atom. The van der Waals surface area contributed by atoms with Crippen molar-refractivity contribution in [3.05, 3.63) is 12.4 Å². The van der Waals surface area contributed by atoms with Crippen LogP contribution in [-0.2, 0) is 10.5 Å². The number of imidazole rings is 1. The molecule has 2 aromatic rings. The van der Waals surface area contributed by atoms with Gasteiger partial charge in [0, 0.05) is 0 Å². The molecule has 0 aliphatic carbocycles. The molecule has 9 nitrogen and oxygen atoms in total. The highest BCUT2D eigenvalue weighted by molar-refractivity contribution is 5.81. The zero-order valence-electron chi connectivity index (χ0n) is 13.8. The van der Waals surface area contributed by atoms with Crippen molar-refractivity contribution in [1.29, 1.82) is 0 Å². The first-order valence-electron chi connectivity index (χ1n) is 7.33. The molecule has 24 heavy (non-hydrogen) atoms. The van der Waals surface area contributed by atoms with Crippen LogP contribution < -0.4 is 5.73 Å². The lowest BCUT2D eigenvalue weighted by atomic mass is 9.73. The number of fused-ring (bicyclic) bond motifs is 1. The number of aliphatic hydroxyl groups excluding tert-OH is 1. The third-order valence-corrected chi connectivity index (χ3v) is 5.46. The van der Waals surface area contributed by atoms with Crippen LogP contribution in [-0.4, -0.2) is 58.2 Å². The Kier molecular flexibility index (Phi) is 3.25. The lowest BCUT2D eigenvalue weighted by Gasteiger charge is -2.42. The van der Waals surface area contributed by atoms with Gasteiger partial charge in [0.2, 0.25) is 0 Å². The quantitative estimate of drug-likeness (QED) is 0.536. The van der Waals surface area contributed by atoms with Crippen LogP contribution >= 0.6 is 0 Å². The first-order chi connectivity index (χ1) is 10.9. The van der Waals surface area contributed by atoms with Crippen LogP contribution in [0.25, 0.3) is 11.2 Å². The van der Waals surface area contributed by atoms with E-state index in [4.69, 9.17) is 10.5 Å². The number of aromatic nitrogens is 4. The zero-order valence-corrected chi connectivity index (χ0v) is 13.8. The number of rotatable bonds is 2. The molecule has 4 atom stereocenters. The summed E-state index contributed by atoms with van der Waals surface area (Å²) >= 11 is 0. The fourth-order valence-electron chi connectivity index (χ4n) is 3.28. The Balaban J connectivity index is 2.30.